The number of ether oxygens (including phenoxy) is 1. The van der Waals surface area contributed by atoms with Crippen LogP contribution in [-0.4, -0.2) is 7.11 Å². The fourth-order valence-electron chi connectivity index (χ4n) is 0.739. The van der Waals surface area contributed by atoms with Gasteiger partial charge in [0.1, 0.15) is 5.75 Å². The van der Waals surface area contributed by atoms with Gasteiger partial charge in [-0.2, -0.15) is 0 Å². The van der Waals surface area contributed by atoms with Gasteiger partial charge in [-0.05, 0) is 12.1 Å². The predicted octanol–water partition coefficient (Wildman–Crippen LogP) is 1.65. The normalized spacial score (nSPS) is 10.3. The number of hydrogen-bond donors (Lipinski definition) is 1. The fourth-order valence-corrected chi connectivity index (χ4v) is 0.739. The topological polar surface area (TPSA) is 60.0 Å². The van der Waals surface area contributed by atoms with E-state index in [0.717, 1.165) is 5.75 Å². The van der Waals surface area contributed by atoms with E-state index in [0.29, 0.717) is 5.69 Å². The van der Waals surface area contributed by atoms with Crippen molar-refractivity contribution in [1.29, 1.82) is 0 Å². The molecule has 1 aromatic carbocycles. The Morgan fingerprint density at radius 3 is 2.91 bits per heavy atom. The van der Waals surface area contributed by atoms with Crippen molar-refractivity contribution >= 4 is 5.69 Å². The third-order valence-electron chi connectivity index (χ3n) is 1.23. The highest BCUT2D eigenvalue weighted by atomic mass is 16.5. The summed E-state index contributed by atoms with van der Waals surface area (Å²) >= 11 is 0. The number of hydrogen-bond acceptors (Lipinski definition) is 3. The number of rotatable bonds is 2. The molecule has 1 aromatic rings. The third kappa shape index (κ3) is 1.93. The standard InChI is InChI=1S/C7H9N3O/c1-11-7-4-2-3-6(5-7)9-10-8/h2-5H,1H3,(H2,8,9). The van der Waals surface area contributed by atoms with E-state index in [4.69, 9.17) is 10.6 Å². The van der Waals surface area contributed by atoms with Gasteiger partial charge in [0.15, 0.2) is 0 Å². The van der Waals surface area contributed by atoms with Crippen molar-refractivity contribution in [2.45, 2.75) is 0 Å². The van der Waals surface area contributed by atoms with E-state index in [-0.39, 0.29) is 0 Å². The molecule has 0 aromatic heterocycles. The molecule has 4 nitrogen and oxygen atoms in total. The van der Waals surface area contributed by atoms with E-state index >= 15 is 0 Å². The molecule has 0 spiro atoms. The summed E-state index contributed by atoms with van der Waals surface area (Å²) in [7, 11) is 1.60. The monoisotopic (exact) mass is 151 g/mol. The maximum Gasteiger partial charge on any atom is 0.121 e. The van der Waals surface area contributed by atoms with Crippen molar-refractivity contribution in [2.75, 3.05) is 7.11 Å². The van der Waals surface area contributed by atoms with Crippen molar-refractivity contribution in [3.8, 4) is 5.75 Å². The summed E-state index contributed by atoms with van der Waals surface area (Å²) in [6.07, 6.45) is 0. The second-order valence-corrected chi connectivity index (χ2v) is 1.92. The summed E-state index contributed by atoms with van der Waals surface area (Å²) in [6, 6.07) is 7.19. The van der Waals surface area contributed by atoms with Crippen LogP contribution < -0.4 is 10.6 Å². The Hall–Kier alpha value is -1.58. The molecule has 0 aliphatic rings. The van der Waals surface area contributed by atoms with E-state index in [1.165, 1.54) is 0 Å². The lowest BCUT2D eigenvalue weighted by atomic mass is 10.3. The van der Waals surface area contributed by atoms with Gasteiger partial charge in [-0.25, -0.2) is 0 Å². The lowest BCUT2D eigenvalue weighted by molar-refractivity contribution is 0.415. The Kier molecular flexibility index (Phi) is 2.43. The third-order valence-corrected chi connectivity index (χ3v) is 1.23. The van der Waals surface area contributed by atoms with Crippen molar-refractivity contribution in [2.24, 2.45) is 16.2 Å². The van der Waals surface area contributed by atoms with E-state index in [1.807, 2.05) is 12.1 Å². The van der Waals surface area contributed by atoms with Crippen LogP contribution in [0.5, 0.6) is 5.75 Å². The lowest BCUT2D eigenvalue weighted by Crippen LogP contribution is -1.80. The minimum absolute atomic E-state index is 0.687. The average molecular weight is 151 g/mol. The highest BCUT2D eigenvalue weighted by Crippen LogP contribution is 2.18. The lowest BCUT2D eigenvalue weighted by Gasteiger charge is -1.97. The van der Waals surface area contributed by atoms with Gasteiger partial charge in [0.05, 0.1) is 12.8 Å². The van der Waals surface area contributed by atoms with Gasteiger partial charge in [-0.1, -0.05) is 11.3 Å². The Morgan fingerprint density at radius 1 is 1.45 bits per heavy atom. The van der Waals surface area contributed by atoms with Gasteiger partial charge in [-0.3, -0.25) is 0 Å². The highest BCUT2D eigenvalue weighted by Gasteiger charge is 1.91. The summed E-state index contributed by atoms with van der Waals surface area (Å²) in [5.41, 5.74) is 0.687. The number of nitrogens with zero attached hydrogens (tertiary/aromatic N) is 2. The van der Waals surface area contributed by atoms with Crippen LogP contribution in [0.1, 0.15) is 0 Å². The zero-order chi connectivity index (χ0) is 8.10. The molecule has 0 fully saturated rings. The average Bonchev–Trinajstić information content (AvgIpc) is 2.06. The van der Waals surface area contributed by atoms with Gasteiger partial charge in [0.25, 0.3) is 0 Å². The molecule has 0 radical (unpaired) electrons. The second kappa shape index (κ2) is 3.55. The minimum Gasteiger partial charge on any atom is -0.497 e. The van der Waals surface area contributed by atoms with Crippen LogP contribution in [0.15, 0.2) is 34.6 Å². The molecule has 0 unspecified atom stereocenters. The summed E-state index contributed by atoms with van der Waals surface area (Å²) in [5.74, 6) is 5.61. The molecule has 0 bridgehead atoms. The summed E-state index contributed by atoms with van der Waals surface area (Å²) in [6.45, 7) is 0. The first-order valence-electron chi connectivity index (χ1n) is 3.12. The van der Waals surface area contributed by atoms with Crippen LogP contribution in [0, 0.1) is 0 Å². The largest absolute Gasteiger partial charge is 0.497 e. The molecular weight excluding hydrogens is 142 g/mol. The summed E-state index contributed by atoms with van der Waals surface area (Å²) in [5, 5.41) is 6.79. The zero-order valence-electron chi connectivity index (χ0n) is 6.19. The SMILES string of the molecule is COc1cccc(/N=N/N)c1. The van der Waals surface area contributed by atoms with Crippen LogP contribution in [0.2, 0.25) is 0 Å². The van der Waals surface area contributed by atoms with Gasteiger partial charge in [0, 0.05) is 6.07 Å². The Balaban J connectivity index is 2.91. The molecule has 4 heteroatoms. The Morgan fingerprint density at radius 2 is 2.27 bits per heavy atom. The molecule has 2 N–H and O–H groups in total. The quantitative estimate of drug-likeness (QED) is 0.397. The number of benzene rings is 1. The van der Waals surface area contributed by atoms with Crippen molar-refractivity contribution in [3.63, 3.8) is 0 Å². The first-order chi connectivity index (χ1) is 5.36. The second-order valence-electron chi connectivity index (χ2n) is 1.92. The fraction of sp³-hybridized carbons (Fsp3) is 0.143. The van der Waals surface area contributed by atoms with E-state index < -0.39 is 0 Å². The first kappa shape index (κ1) is 7.53. The molecule has 0 amide bonds. The minimum atomic E-state index is 0.687. The van der Waals surface area contributed by atoms with Crippen LogP contribution in [0.4, 0.5) is 5.69 Å². The van der Waals surface area contributed by atoms with Gasteiger partial charge in [-0.15, -0.1) is 5.11 Å². The maximum atomic E-state index is 4.96. The van der Waals surface area contributed by atoms with Gasteiger partial charge < -0.3 is 10.6 Å². The molecule has 0 aliphatic carbocycles. The van der Waals surface area contributed by atoms with Crippen LogP contribution in [-0.2, 0) is 0 Å². The summed E-state index contributed by atoms with van der Waals surface area (Å²) < 4.78 is 4.96. The van der Waals surface area contributed by atoms with E-state index in [9.17, 15) is 0 Å². The molecule has 0 saturated carbocycles. The van der Waals surface area contributed by atoms with E-state index in [1.54, 1.807) is 19.2 Å². The maximum absolute atomic E-state index is 4.96. The van der Waals surface area contributed by atoms with Crippen molar-refractivity contribution < 1.29 is 4.74 Å². The zero-order valence-corrected chi connectivity index (χ0v) is 6.19. The number of methoxy groups -OCH3 is 1. The first-order valence-corrected chi connectivity index (χ1v) is 3.12. The van der Waals surface area contributed by atoms with Crippen LogP contribution in [0.25, 0.3) is 0 Å². The molecular formula is C7H9N3O. The molecule has 0 saturated heterocycles. The molecule has 0 aliphatic heterocycles. The molecule has 58 valence electrons. The van der Waals surface area contributed by atoms with Gasteiger partial charge in [0.2, 0.25) is 0 Å². The summed E-state index contributed by atoms with van der Waals surface area (Å²) in [4.78, 5) is 0. The molecule has 11 heavy (non-hydrogen) atoms. The Bertz CT molecular complexity index is 260. The van der Waals surface area contributed by atoms with Gasteiger partial charge >= 0.3 is 0 Å². The molecule has 0 heterocycles. The van der Waals surface area contributed by atoms with Crippen LogP contribution >= 0.6 is 0 Å². The van der Waals surface area contributed by atoms with Crippen molar-refractivity contribution in [3.05, 3.63) is 24.3 Å². The van der Waals surface area contributed by atoms with Crippen LogP contribution in [0.3, 0.4) is 0 Å². The molecule has 1 rings (SSSR count). The highest BCUT2D eigenvalue weighted by molar-refractivity contribution is 5.42. The predicted molar refractivity (Wildman–Crippen MR) is 41.7 cm³/mol. The Labute approximate surface area is 64.7 Å². The van der Waals surface area contributed by atoms with E-state index in [2.05, 4.69) is 10.3 Å². The smallest absolute Gasteiger partial charge is 0.121 e. The van der Waals surface area contributed by atoms with Crippen molar-refractivity contribution in [1.82, 2.24) is 0 Å². The molecule has 0 atom stereocenters. The number of nitrogens with two attached hydrogens (primary N) is 1.